The standard InChI is InChI=1S/C18H20BrCl2NO3/c1-11(23)8-22-9-13-6-17(24-2)18(7-14(13)19)25-10-12-3-4-15(20)16(21)5-12/h3-7,11,22-23H,8-10H2,1-2H3. The molecule has 0 aliphatic carbocycles. The van der Waals surface area contributed by atoms with Gasteiger partial charge in [0.2, 0.25) is 0 Å². The molecule has 2 N–H and O–H groups in total. The van der Waals surface area contributed by atoms with Crippen molar-refractivity contribution in [1.82, 2.24) is 5.32 Å². The van der Waals surface area contributed by atoms with E-state index >= 15 is 0 Å². The molecular weight excluding hydrogens is 429 g/mol. The third-order valence-electron chi connectivity index (χ3n) is 3.47. The quantitative estimate of drug-likeness (QED) is 0.608. The molecule has 0 aliphatic heterocycles. The second-order valence-corrected chi connectivity index (χ2v) is 7.28. The average molecular weight is 449 g/mol. The molecule has 0 amide bonds. The zero-order valence-electron chi connectivity index (χ0n) is 14.0. The lowest BCUT2D eigenvalue weighted by Crippen LogP contribution is -2.24. The Morgan fingerprint density at radius 1 is 1.16 bits per heavy atom. The molecule has 0 aromatic heterocycles. The van der Waals surface area contributed by atoms with Crippen LogP contribution in [0, 0.1) is 0 Å². The lowest BCUT2D eigenvalue weighted by molar-refractivity contribution is 0.191. The normalized spacial score (nSPS) is 12.1. The number of hydrogen-bond donors (Lipinski definition) is 2. The SMILES string of the molecule is COc1cc(CNCC(C)O)c(Br)cc1OCc1ccc(Cl)c(Cl)c1. The van der Waals surface area contributed by atoms with E-state index in [4.69, 9.17) is 32.7 Å². The molecule has 0 saturated heterocycles. The van der Waals surface area contributed by atoms with Gasteiger partial charge in [-0.05, 0) is 42.3 Å². The molecule has 1 unspecified atom stereocenters. The third kappa shape index (κ3) is 6.04. The van der Waals surface area contributed by atoms with Gasteiger partial charge in [-0.25, -0.2) is 0 Å². The van der Waals surface area contributed by atoms with Gasteiger partial charge >= 0.3 is 0 Å². The molecule has 2 aromatic carbocycles. The summed E-state index contributed by atoms with van der Waals surface area (Å²) in [5.74, 6) is 1.26. The zero-order valence-corrected chi connectivity index (χ0v) is 17.1. The monoisotopic (exact) mass is 447 g/mol. The summed E-state index contributed by atoms with van der Waals surface area (Å²) in [6.45, 7) is 3.21. The van der Waals surface area contributed by atoms with E-state index in [0.717, 1.165) is 15.6 Å². The molecule has 0 fully saturated rings. The van der Waals surface area contributed by atoms with Crippen LogP contribution in [-0.4, -0.2) is 24.9 Å². The molecule has 136 valence electrons. The number of ether oxygens (including phenoxy) is 2. The van der Waals surface area contributed by atoms with Crippen LogP contribution in [0.1, 0.15) is 18.1 Å². The fraction of sp³-hybridized carbons (Fsp3) is 0.333. The number of benzene rings is 2. The van der Waals surface area contributed by atoms with Crippen molar-refractivity contribution >= 4 is 39.1 Å². The minimum Gasteiger partial charge on any atom is -0.493 e. The number of nitrogens with one attached hydrogen (secondary N) is 1. The molecule has 2 aromatic rings. The smallest absolute Gasteiger partial charge is 0.162 e. The first-order valence-corrected chi connectivity index (χ1v) is 9.27. The van der Waals surface area contributed by atoms with Gasteiger partial charge in [-0.2, -0.15) is 0 Å². The van der Waals surface area contributed by atoms with Gasteiger partial charge in [0.25, 0.3) is 0 Å². The summed E-state index contributed by atoms with van der Waals surface area (Å²) in [7, 11) is 1.60. The molecule has 0 bridgehead atoms. The molecule has 0 radical (unpaired) electrons. The number of halogens is 3. The van der Waals surface area contributed by atoms with Crippen molar-refractivity contribution in [2.45, 2.75) is 26.2 Å². The van der Waals surface area contributed by atoms with Crippen molar-refractivity contribution in [3.8, 4) is 11.5 Å². The van der Waals surface area contributed by atoms with Crippen molar-refractivity contribution in [3.05, 3.63) is 56.0 Å². The van der Waals surface area contributed by atoms with E-state index in [0.29, 0.717) is 41.2 Å². The number of methoxy groups -OCH3 is 1. The molecule has 4 nitrogen and oxygen atoms in total. The van der Waals surface area contributed by atoms with Crippen LogP contribution >= 0.6 is 39.1 Å². The molecule has 1 atom stereocenters. The van der Waals surface area contributed by atoms with Crippen LogP contribution in [0.15, 0.2) is 34.8 Å². The van der Waals surface area contributed by atoms with Gasteiger partial charge in [-0.3, -0.25) is 0 Å². The van der Waals surface area contributed by atoms with E-state index in [1.54, 1.807) is 26.2 Å². The van der Waals surface area contributed by atoms with Crippen LogP contribution in [0.4, 0.5) is 0 Å². The zero-order chi connectivity index (χ0) is 18.4. The molecular formula is C18H20BrCl2NO3. The lowest BCUT2D eigenvalue weighted by Gasteiger charge is -2.15. The Bertz CT molecular complexity index is 726. The summed E-state index contributed by atoms with van der Waals surface area (Å²) in [6, 6.07) is 9.16. The van der Waals surface area contributed by atoms with Crippen LogP contribution in [0.3, 0.4) is 0 Å². The summed E-state index contributed by atoms with van der Waals surface area (Å²) in [4.78, 5) is 0. The van der Waals surface area contributed by atoms with E-state index in [2.05, 4.69) is 21.2 Å². The Kier molecular flexibility index (Phi) is 7.84. The maximum atomic E-state index is 9.32. The first kappa shape index (κ1) is 20.3. The van der Waals surface area contributed by atoms with Crippen molar-refractivity contribution < 1.29 is 14.6 Å². The van der Waals surface area contributed by atoms with Gasteiger partial charge < -0.3 is 19.9 Å². The van der Waals surface area contributed by atoms with Crippen molar-refractivity contribution in [3.63, 3.8) is 0 Å². The summed E-state index contributed by atoms with van der Waals surface area (Å²) in [5, 5.41) is 13.5. The van der Waals surface area contributed by atoms with Gasteiger partial charge in [-0.1, -0.05) is 45.2 Å². The highest BCUT2D eigenvalue weighted by Gasteiger charge is 2.11. The lowest BCUT2D eigenvalue weighted by atomic mass is 10.2. The molecule has 0 aliphatic rings. The first-order chi connectivity index (χ1) is 11.9. The van der Waals surface area contributed by atoms with E-state index < -0.39 is 6.10 Å². The number of hydrogen-bond acceptors (Lipinski definition) is 4. The molecule has 0 spiro atoms. The highest BCUT2D eigenvalue weighted by molar-refractivity contribution is 9.10. The minimum atomic E-state index is -0.394. The molecule has 7 heteroatoms. The fourth-order valence-corrected chi connectivity index (χ4v) is 2.97. The predicted molar refractivity (Wildman–Crippen MR) is 105 cm³/mol. The Morgan fingerprint density at radius 3 is 2.56 bits per heavy atom. The van der Waals surface area contributed by atoms with E-state index in [-0.39, 0.29) is 0 Å². The van der Waals surface area contributed by atoms with Gasteiger partial charge in [0, 0.05) is 17.6 Å². The highest BCUT2D eigenvalue weighted by atomic mass is 79.9. The number of rotatable bonds is 8. The van der Waals surface area contributed by atoms with E-state index in [1.165, 1.54) is 0 Å². The summed E-state index contributed by atoms with van der Waals surface area (Å²) >= 11 is 15.5. The van der Waals surface area contributed by atoms with Gasteiger partial charge in [0.15, 0.2) is 11.5 Å². The van der Waals surface area contributed by atoms with Crippen molar-refractivity contribution in [2.24, 2.45) is 0 Å². The summed E-state index contributed by atoms with van der Waals surface area (Å²) < 4.78 is 12.2. The Balaban J connectivity index is 2.09. The molecule has 25 heavy (non-hydrogen) atoms. The fourth-order valence-electron chi connectivity index (χ4n) is 2.19. The van der Waals surface area contributed by atoms with E-state index in [9.17, 15) is 5.11 Å². The Morgan fingerprint density at radius 2 is 1.92 bits per heavy atom. The maximum absolute atomic E-state index is 9.32. The van der Waals surface area contributed by atoms with Crippen molar-refractivity contribution in [2.75, 3.05) is 13.7 Å². The highest BCUT2D eigenvalue weighted by Crippen LogP contribution is 2.34. The predicted octanol–water partition coefficient (Wildman–Crippen LogP) is 4.81. The Labute approximate surface area is 166 Å². The van der Waals surface area contributed by atoms with Gasteiger partial charge in [0.1, 0.15) is 6.61 Å². The number of aliphatic hydroxyl groups excluding tert-OH is 1. The van der Waals surface area contributed by atoms with Crippen LogP contribution in [-0.2, 0) is 13.2 Å². The van der Waals surface area contributed by atoms with E-state index in [1.807, 2.05) is 18.2 Å². The number of aliphatic hydroxyl groups is 1. The first-order valence-electron chi connectivity index (χ1n) is 7.72. The van der Waals surface area contributed by atoms with Gasteiger partial charge in [0.05, 0.1) is 23.3 Å². The maximum Gasteiger partial charge on any atom is 0.162 e. The molecule has 0 saturated carbocycles. The van der Waals surface area contributed by atoms with Crippen LogP contribution in [0.25, 0.3) is 0 Å². The minimum absolute atomic E-state index is 0.347. The van der Waals surface area contributed by atoms with Crippen LogP contribution < -0.4 is 14.8 Å². The summed E-state index contributed by atoms with van der Waals surface area (Å²) in [6.07, 6.45) is -0.394. The van der Waals surface area contributed by atoms with Crippen molar-refractivity contribution in [1.29, 1.82) is 0 Å². The largest absolute Gasteiger partial charge is 0.493 e. The topological polar surface area (TPSA) is 50.7 Å². The molecule has 2 rings (SSSR count). The second-order valence-electron chi connectivity index (χ2n) is 5.61. The Hall–Kier alpha value is -0.980. The molecule has 0 heterocycles. The van der Waals surface area contributed by atoms with Crippen LogP contribution in [0.2, 0.25) is 10.0 Å². The van der Waals surface area contributed by atoms with Gasteiger partial charge in [-0.15, -0.1) is 0 Å². The van der Waals surface area contributed by atoms with Crippen LogP contribution in [0.5, 0.6) is 11.5 Å². The summed E-state index contributed by atoms with van der Waals surface area (Å²) in [5.41, 5.74) is 1.93. The second kappa shape index (κ2) is 9.64. The average Bonchev–Trinajstić information content (AvgIpc) is 2.57. The third-order valence-corrected chi connectivity index (χ3v) is 4.94.